The minimum absolute atomic E-state index is 0.0437. The maximum atomic E-state index is 12.1. The normalized spacial score (nSPS) is 13.4. The van der Waals surface area contributed by atoms with Crippen LogP contribution in [0.15, 0.2) is 30.3 Å². The van der Waals surface area contributed by atoms with E-state index in [0.717, 1.165) is 5.56 Å². The summed E-state index contributed by atoms with van der Waals surface area (Å²) in [5, 5.41) is 1.92. The molecule has 1 rings (SSSR count). The second-order valence-electron chi connectivity index (χ2n) is 4.39. The molecule has 0 saturated carbocycles. The van der Waals surface area contributed by atoms with Crippen molar-refractivity contribution in [2.75, 3.05) is 0 Å². The van der Waals surface area contributed by atoms with Gasteiger partial charge in [-0.1, -0.05) is 37.3 Å². The summed E-state index contributed by atoms with van der Waals surface area (Å²) in [5.74, 6) is -0.773. The third kappa shape index (κ3) is 4.87. The second kappa shape index (κ2) is 7.09. The van der Waals surface area contributed by atoms with Gasteiger partial charge in [-0.3, -0.25) is 14.4 Å². The predicted molar refractivity (Wildman–Crippen MR) is 76.1 cm³/mol. The Balaban J connectivity index is 2.72. The zero-order chi connectivity index (χ0) is 14.4. The molecule has 4 nitrogen and oxygen atoms in total. The zero-order valence-corrected chi connectivity index (χ0v) is 11.8. The van der Waals surface area contributed by atoms with Crippen LogP contribution in [0.25, 0.3) is 0 Å². The molecule has 0 aliphatic rings. The number of benzene rings is 1. The lowest BCUT2D eigenvalue weighted by molar-refractivity contribution is -0.126. The van der Waals surface area contributed by atoms with E-state index in [1.54, 1.807) is 6.92 Å². The Morgan fingerprint density at radius 2 is 1.79 bits per heavy atom. The highest BCUT2D eigenvalue weighted by Crippen LogP contribution is 2.18. The standard InChI is InChI=1S/C14H17NO3S/c1-9(11-6-4-3-5-7-11)13(17)8-12(14(18)19)15-10(2)16/h3-7,9,12H,8H2,1-2H3,(H,15,16)(H,18,19)/t9?,12-/m1/s1. The summed E-state index contributed by atoms with van der Waals surface area (Å²) in [4.78, 5) is 34.3. The Hall–Kier alpha value is -1.62. The van der Waals surface area contributed by atoms with Crippen molar-refractivity contribution < 1.29 is 14.4 Å². The predicted octanol–water partition coefficient (Wildman–Crippen LogP) is 1.71. The number of ketones is 1. The first-order valence-corrected chi connectivity index (χ1v) is 6.44. The number of thiol groups is 1. The number of Topliss-reactive ketones (excluding diaryl/α,β-unsaturated/α-hetero) is 1. The van der Waals surface area contributed by atoms with Gasteiger partial charge in [-0.25, -0.2) is 0 Å². The first-order valence-electron chi connectivity index (χ1n) is 5.99. The molecule has 1 N–H and O–H groups in total. The van der Waals surface area contributed by atoms with Gasteiger partial charge in [0.15, 0.2) is 0 Å². The Bertz CT molecular complexity index is 473. The summed E-state index contributed by atoms with van der Waals surface area (Å²) >= 11 is 3.69. The molecular weight excluding hydrogens is 262 g/mol. The van der Waals surface area contributed by atoms with E-state index >= 15 is 0 Å². The van der Waals surface area contributed by atoms with Crippen LogP contribution in [0.2, 0.25) is 0 Å². The molecule has 2 atom stereocenters. The van der Waals surface area contributed by atoms with Gasteiger partial charge in [-0.05, 0) is 5.56 Å². The molecule has 1 aromatic carbocycles. The van der Waals surface area contributed by atoms with E-state index in [4.69, 9.17) is 0 Å². The zero-order valence-electron chi connectivity index (χ0n) is 10.9. The minimum atomic E-state index is -0.862. The highest BCUT2D eigenvalue weighted by molar-refractivity contribution is 7.96. The molecule has 1 aromatic rings. The van der Waals surface area contributed by atoms with Crippen LogP contribution in [-0.2, 0) is 14.4 Å². The molecule has 0 aliphatic carbocycles. The smallest absolute Gasteiger partial charge is 0.217 e. The average molecular weight is 279 g/mol. The molecular formula is C14H17NO3S. The van der Waals surface area contributed by atoms with Crippen LogP contribution in [-0.4, -0.2) is 22.8 Å². The van der Waals surface area contributed by atoms with Gasteiger partial charge in [0.05, 0.1) is 0 Å². The van der Waals surface area contributed by atoms with Gasteiger partial charge >= 0.3 is 0 Å². The van der Waals surface area contributed by atoms with E-state index in [-0.39, 0.29) is 24.0 Å². The average Bonchev–Trinajstić information content (AvgIpc) is 2.37. The first kappa shape index (κ1) is 15.4. The molecule has 0 radical (unpaired) electrons. The SMILES string of the molecule is CC(=O)N[C@H](CC(=O)C(C)c1ccccc1)C(=O)S. The maximum Gasteiger partial charge on any atom is 0.217 e. The maximum absolute atomic E-state index is 12.1. The fraction of sp³-hybridized carbons (Fsp3) is 0.357. The van der Waals surface area contributed by atoms with Crippen molar-refractivity contribution in [1.29, 1.82) is 0 Å². The lowest BCUT2D eigenvalue weighted by Crippen LogP contribution is -2.39. The molecule has 0 heterocycles. The third-order valence-corrected chi connectivity index (χ3v) is 3.18. The van der Waals surface area contributed by atoms with E-state index in [1.165, 1.54) is 6.92 Å². The van der Waals surface area contributed by atoms with Crippen molar-refractivity contribution in [2.24, 2.45) is 0 Å². The summed E-state index contributed by atoms with van der Waals surface area (Å²) in [6, 6.07) is 8.44. The number of carbonyl (C=O) groups is 3. The van der Waals surface area contributed by atoms with Gasteiger partial charge in [-0.2, -0.15) is 0 Å². The highest BCUT2D eigenvalue weighted by Gasteiger charge is 2.23. The van der Waals surface area contributed by atoms with Crippen molar-refractivity contribution in [3.05, 3.63) is 35.9 Å². The van der Waals surface area contributed by atoms with Gasteiger partial charge in [0.2, 0.25) is 11.0 Å². The lowest BCUT2D eigenvalue weighted by atomic mass is 9.93. The second-order valence-corrected chi connectivity index (χ2v) is 4.83. The first-order chi connectivity index (χ1) is 8.91. The Morgan fingerprint density at radius 3 is 2.26 bits per heavy atom. The van der Waals surface area contributed by atoms with Crippen molar-refractivity contribution in [2.45, 2.75) is 32.2 Å². The molecule has 102 valence electrons. The van der Waals surface area contributed by atoms with Crippen molar-refractivity contribution in [1.82, 2.24) is 5.32 Å². The monoisotopic (exact) mass is 279 g/mol. The van der Waals surface area contributed by atoms with E-state index in [2.05, 4.69) is 17.9 Å². The van der Waals surface area contributed by atoms with Crippen LogP contribution in [0.3, 0.4) is 0 Å². The van der Waals surface area contributed by atoms with Crippen LogP contribution in [0.1, 0.15) is 31.7 Å². The quantitative estimate of drug-likeness (QED) is 0.779. The van der Waals surface area contributed by atoms with Crippen LogP contribution in [0.4, 0.5) is 0 Å². The number of rotatable bonds is 6. The Kier molecular flexibility index (Phi) is 5.76. The Labute approximate surface area is 118 Å². The molecule has 0 aliphatic heterocycles. The number of hydrogen-bond acceptors (Lipinski definition) is 3. The summed E-state index contributed by atoms with van der Waals surface area (Å²) in [7, 11) is 0. The Morgan fingerprint density at radius 1 is 1.21 bits per heavy atom. The molecule has 0 bridgehead atoms. The fourth-order valence-corrected chi connectivity index (χ4v) is 1.91. The van der Waals surface area contributed by atoms with Gasteiger partial charge in [0.25, 0.3) is 0 Å². The number of hydrogen-bond donors (Lipinski definition) is 2. The van der Waals surface area contributed by atoms with Gasteiger partial charge < -0.3 is 5.32 Å². The van der Waals surface area contributed by atoms with Gasteiger partial charge in [-0.15, -0.1) is 12.6 Å². The van der Waals surface area contributed by atoms with E-state index in [1.807, 2.05) is 30.3 Å². The molecule has 5 heteroatoms. The lowest BCUT2D eigenvalue weighted by Gasteiger charge is -2.16. The van der Waals surface area contributed by atoms with Crippen LogP contribution < -0.4 is 5.32 Å². The number of carbonyl (C=O) groups excluding carboxylic acids is 3. The topological polar surface area (TPSA) is 63.2 Å². The molecule has 0 spiro atoms. The van der Waals surface area contributed by atoms with Crippen LogP contribution >= 0.6 is 12.6 Å². The van der Waals surface area contributed by atoms with Gasteiger partial charge in [0, 0.05) is 19.3 Å². The molecule has 1 amide bonds. The third-order valence-electron chi connectivity index (χ3n) is 2.86. The highest BCUT2D eigenvalue weighted by atomic mass is 32.1. The van der Waals surface area contributed by atoms with Crippen LogP contribution in [0.5, 0.6) is 0 Å². The summed E-state index contributed by atoms with van der Waals surface area (Å²) < 4.78 is 0. The van der Waals surface area contributed by atoms with E-state index < -0.39 is 11.2 Å². The van der Waals surface area contributed by atoms with Gasteiger partial charge in [0.1, 0.15) is 11.8 Å². The minimum Gasteiger partial charge on any atom is -0.345 e. The van der Waals surface area contributed by atoms with E-state index in [9.17, 15) is 14.4 Å². The van der Waals surface area contributed by atoms with Crippen molar-refractivity contribution >= 4 is 29.4 Å². The molecule has 19 heavy (non-hydrogen) atoms. The van der Waals surface area contributed by atoms with Crippen molar-refractivity contribution in [3.8, 4) is 0 Å². The van der Waals surface area contributed by atoms with Crippen molar-refractivity contribution in [3.63, 3.8) is 0 Å². The van der Waals surface area contributed by atoms with E-state index in [0.29, 0.717) is 0 Å². The molecule has 0 fully saturated rings. The van der Waals surface area contributed by atoms with Crippen LogP contribution in [0, 0.1) is 0 Å². The molecule has 0 aromatic heterocycles. The fourth-order valence-electron chi connectivity index (χ4n) is 1.75. The number of amides is 1. The summed E-state index contributed by atoms with van der Waals surface area (Å²) in [5.41, 5.74) is 0.890. The molecule has 1 unspecified atom stereocenters. The largest absolute Gasteiger partial charge is 0.345 e. The summed E-state index contributed by atoms with van der Waals surface area (Å²) in [6.45, 7) is 3.08. The number of nitrogens with one attached hydrogen (secondary N) is 1. The molecule has 0 saturated heterocycles. The summed E-state index contributed by atoms with van der Waals surface area (Å²) in [6.07, 6.45) is -0.0437.